The highest BCUT2D eigenvalue weighted by Crippen LogP contribution is 2.10. The molecule has 10 nitrogen and oxygen atoms in total. The van der Waals surface area contributed by atoms with Crippen LogP contribution in [-0.4, -0.2) is 65.3 Å². The van der Waals surface area contributed by atoms with Crippen LogP contribution in [0.3, 0.4) is 0 Å². The zero-order valence-electron chi connectivity index (χ0n) is 19.6. The van der Waals surface area contributed by atoms with Crippen LogP contribution in [0.1, 0.15) is 59.8 Å². The third-order valence-electron chi connectivity index (χ3n) is 5.28. The van der Waals surface area contributed by atoms with Gasteiger partial charge < -0.3 is 32.5 Å². The Labute approximate surface area is 196 Å². The highest BCUT2D eigenvalue weighted by Gasteiger charge is 2.30. The van der Waals surface area contributed by atoms with Crippen molar-refractivity contribution in [2.75, 3.05) is 12.3 Å². The molecule has 0 aliphatic heterocycles. The molecular weight excluding hydrogens is 434 g/mol. The first-order chi connectivity index (χ1) is 15.0. The molecule has 32 heavy (non-hydrogen) atoms. The van der Waals surface area contributed by atoms with Gasteiger partial charge in [0.05, 0.1) is 6.04 Å². The van der Waals surface area contributed by atoms with Crippen LogP contribution in [0.5, 0.6) is 0 Å². The number of carboxylic acids is 1. The summed E-state index contributed by atoms with van der Waals surface area (Å²) in [6.07, 6.45) is 2.56. The Morgan fingerprint density at radius 3 is 1.91 bits per heavy atom. The number of unbranched alkanes of at least 4 members (excludes halogenated alkanes) is 1. The van der Waals surface area contributed by atoms with Gasteiger partial charge in [0.1, 0.15) is 18.1 Å². The maximum Gasteiger partial charge on any atom is 0.327 e. The molecule has 3 amide bonds. The molecule has 0 aromatic rings. The van der Waals surface area contributed by atoms with E-state index in [0.29, 0.717) is 25.8 Å². The summed E-state index contributed by atoms with van der Waals surface area (Å²) in [5, 5.41) is 17.0. The molecule has 5 atom stereocenters. The number of thiol groups is 1. The Morgan fingerprint density at radius 1 is 0.906 bits per heavy atom. The second kappa shape index (κ2) is 15.9. The number of rotatable bonds is 16. The van der Waals surface area contributed by atoms with E-state index in [4.69, 9.17) is 11.5 Å². The van der Waals surface area contributed by atoms with Gasteiger partial charge in [-0.05, 0) is 44.1 Å². The van der Waals surface area contributed by atoms with Crippen LogP contribution in [-0.2, 0) is 19.2 Å². The molecule has 0 spiro atoms. The van der Waals surface area contributed by atoms with Gasteiger partial charge in [0.2, 0.25) is 17.7 Å². The van der Waals surface area contributed by atoms with Crippen molar-refractivity contribution in [3.05, 3.63) is 0 Å². The molecule has 11 heteroatoms. The lowest BCUT2D eigenvalue weighted by atomic mass is 9.97. The third kappa shape index (κ3) is 11.1. The number of aliphatic carboxylic acids is 1. The normalized spacial score (nSPS) is 15.9. The van der Waals surface area contributed by atoms with Gasteiger partial charge in [-0.3, -0.25) is 14.4 Å². The van der Waals surface area contributed by atoms with Crippen LogP contribution in [0.15, 0.2) is 0 Å². The number of hydrogen-bond donors (Lipinski definition) is 7. The molecule has 0 saturated heterocycles. The van der Waals surface area contributed by atoms with Gasteiger partial charge in [0.15, 0.2) is 0 Å². The van der Waals surface area contributed by atoms with E-state index in [1.165, 1.54) is 0 Å². The zero-order valence-corrected chi connectivity index (χ0v) is 20.5. The minimum atomic E-state index is -1.22. The smallest absolute Gasteiger partial charge is 0.327 e. The van der Waals surface area contributed by atoms with Crippen LogP contribution in [0.2, 0.25) is 0 Å². The van der Waals surface area contributed by atoms with Gasteiger partial charge >= 0.3 is 5.97 Å². The number of amides is 3. The van der Waals surface area contributed by atoms with Crippen molar-refractivity contribution in [1.29, 1.82) is 0 Å². The third-order valence-corrected chi connectivity index (χ3v) is 5.64. The van der Waals surface area contributed by atoms with Crippen molar-refractivity contribution in [2.24, 2.45) is 23.3 Å². The Morgan fingerprint density at radius 2 is 1.44 bits per heavy atom. The number of hydrogen-bond acceptors (Lipinski definition) is 7. The van der Waals surface area contributed by atoms with E-state index in [1.54, 1.807) is 0 Å². The quantitative estimate of drug-likeness (QED) is 0.121. The summed E-state index contributed by atoms with van der Waals surface area (Å²) in [5.41, 5.74) is 11.5. The molecule has 0 aromatic carbocycles. The van der Waals surface area contributed by atoms with E-state index in [9.17, 15) is 24.3 Å². The van der Waals surface area contributed by atoms with Gasteiger partial charge in [-0.25, -0.2) is 4.79 Å². The van der Waals surface area contributed by atoms with Crippen LogP contribution in [0, 0.1) is 11.8 Å². The first-order valence-electron chi connectivity index (χ1n) is 11.2. The summed E-state index contributed by atoms with van der Waals surface area (Å²) in [4.78, 5) is 49.5. The van der Waals surface area contributed by atoms with Crippen molar-refractivity contribution in [3.63, 3.8) is 0 Å². The Bertz CT molecular complexity index is 619. The summed E-state index contributed by atoms with van der Waals surface area (Å²) in [5.74, 6) is -2.84. The molecule has 0 aliphatic carbocycles. The molecule has 0 aliphatic rings. The fourth-order valence-electron chi connectivity index (χ4n) is 2.97. The molecule has 0 aromatic heterocycles. The van der Waals surface area contributed by atoms with Gasteiger partial charge in [0, 0.05) is 5.75 Å². The van der Waals surface area contributed by atoms with Crippen molar-refractivity contribution in [1.82, 2.24) is 16.0 Å². The lowest BCUT2D eigenvalue weighted by Crippen LogP contribution is -2.58. The predicted octanol–water partition coefficient (Wildman–Crippen LogP) is 0.00370. The van der Waals surface area contributed by atoms with Crippen LogP contribution in [0.4, 0.5) is 0 Å². The lowest BCUT2D eigenvalue weighted by molar-refractivity contribution is -0.141. The molecular formula is C21H41N5O5S. The summed E-state index contributed by atoms with van der Waals surface area (Å²) in [6, 6.07) is -3.77. The van der Waals surface area contributed by atoms with Gasteiger partial charge in [-0.2, -0.15) is 12.6 Å². The number of nitrogens with two attached hydrogens (primary N) is 2. The highest BCUT2D eigenvalue weighted by molar-refractivity contribution is 7.80. The molecule has 186 valence electrons. The summed E-state index contributed by atoms with van der Waals surface area (Å²) in [6.45, 7) is 8.04. The Kier molecular flexibility index (Phi) is 15.0. The van der Waals surface area contributed by atoms with E-state index >= 15 is 0 Å². The average Bonchev–Trinajstić information content (AvgIpc) is 2.74. The van der Waals surface area contributed by atoms with E-state index in [2.05, 4.69) is 28.6 Å². The van der Waals surface area contributed by atoms with Gasteiger partial charge in [-0.1, -0.05) is 34.1 Å². The van der Waals surface area contributed by atoms with Crippen LogP contribution in [0.25, 0.3) is 0 Å². The van der Waals surface area contributed by atoms with Crippen molar-refractivity contribution in [3.8, 4) is 0 Å². The molecule has 0 saturated carbocycles. The summed E-state index contributed by atoms with van der Waals surface area (Å²) < 4.78 is 0. The van der Waals surface area contributed by atoms with Crippen molar-refractivity contribution < 1.29 is 24.3 Å². The molecule has 0 fully saturated rings. The van der Waals surface area contributed by atoms with Crippen LogP contribution < -0.4 is 27.4 Å². The highest BCUT2D eigenvalue weighted by atomic mass is 32.1. The number of carboxylic acid groups (broad SMARTS) is 1. The van der Waals surface area contributed by atoms with E-state index in [1.807, 2.05) is 27.7 Å². The maximum absolute atomic E-state index is 13.0. The Hall–Kier alpha value is -1.85. The molecule has 8 N–H and O–H groups in total. The Balaban J connectivity index is 5.45. The van der Waals surface area contributed by atoms with E-state index in [-0.39, 0.29) is 24.0 Å². The molecule has 0 rings (SSSR count). The van der Waals surface area contributed by atoms with Gasteiger partial charge in [-0.15, -0.1) is 0 Å². The minimum Gasteiger partial charge on any atom is -0.480 e. The lowest BCUT2D eigenvalue weighted by Gasteiger charge is -2.26. The second-order valence-corrected chi connectivity index (χ2v) is 8.89. The maximum atomic E-state index is 13.0. The largest absolute Gasteiger partial charge is 0.480 e. The number of carbonyl (C=O) groups excluding carboxylic acids is 3. The van der Waals surface area contributed by atoms with Crippen LogP contribution >= 0.6 is 12.6 Å². The first kappa shape index (κ1) is 30.1. The SMILES string of the molecule is CCC(C)C(N)C(=O)NC(CC(C)C)C(=O)NC(CCCCN)C(=O)NC(CS)C(=O)O. The topological polar surface area (TPSA) is 177 Å². The molecule has 0 radical (unpaired) electrons. The summed E-state index contributed by atoms with van der Waals surface area (Å²) >= 11 is 3.95. The van der Waals surface area contributed by atoms with Gasteiger partial charge in [0.25, 0.3) is 0 Å². The average molecular weight is 476 g/mol. The predicted molar refractivity (Wildman–Crippen MR) is 127 cm³/mol. The zero-order chi connectivity index (χ0) is 24.8. The monoisotopic (exact) mass is 475 g/mol. The second-order valence-electron chi connectivity index (χ2n) is 8.53. The number of carbonyl (C=O) groups is 4. The van der Waals surface area contributed by atoms with E-state index < -0.39 is 47.9 Å². The summed E-state index contributed by atoms with van der Waals surface area (Å²) in [7, 11) is 0. The standard InChI is InChI=1S/C21H41N5O5S/c1-5-13(4)17(23)20(29)25-15(10-12(2)3)19(28)24-14(8-6-7-9-22)18(27)26-16(11-32)21(30)31/h12-17,32H,5-11,22-23H2,1-4H3,(H,24,28)(H,25,29)(H,26,27)(H,30,31). The minimum absolute atomic E-state index is 0.0539. The molecule has 0 heterocycles. The van der Waals surface area contributed by atoms with Crippen molar-refractivity contribution >= 4 is 36.3 Å². The fourth-order valence-corrected chi connectivity index (χ4v) is 3.22. The van der Waals surface area contributed by atoms with E-state index in [0.717, 1.165) is 6.42 Å². The molecule has 0 bridgehead atoms. The number of nitrogens with one attached hydrogen (secondary N) is 3. The fraction of sp³-hybridized carbons (Fsp3) is 0.810. The molecule has 5 unspecified atom stereocenters. The first-order valence-corrected chi connectivity index (χ1v) is 11.8. The van der Waals surface area contributed by atoms with Crippen molar-refractivity contribution in [2.45, 2.75) is 84.0 Å².